The van der Waals surface area contributed by atoms with Crippen LogP contribution in [0.1, 0.15) is 12.8 Å². The van der Waals surface area contributed by atoms with E-state index in [1.54, 1.807) is 0 Å². The van der Waals surface area contributed by atoms with Gasteiger partial charge in [-0.25, -0.2) is 0 Å². The van der Waals surface area contributed by atoms with Gasteiger partial charge in [-0.1, -0.05) is 6.32 Å². The van der Waals surface area contributed by atoms with Gasteiger partial charge in [-0.15, -0.1) is 0 Å². The molecule has 1 atom stereocenters. The minimum Gasteiger partial charge on any atom is -0.315 e. The molecule has 2 heteroatoms. The van der Waals surface area contributed by atoms with Gasteiger partial charge in [0.15, 0.2) is 0 Å². The fourth-order valence-corrected chi connectivity index (χ4v) is 0.958. The van der Waals surface area contributed by atoms with Gasteiger partial charge >= 0.3 is 0 Å². The summed E-state index contributed by atoms with van der Waals surface area (Å²) in [6.07, 6.45) is 3.39. The summed E-state index contributed by atoms with van der Waals surface area (Å²) in [5.41, 5.74) is 0. The van der Waals surface area contributed by atoms with Gasteiger partial charge in [0.1, 0.15) is 0 Å². The predicted octanol–water partition coefficient (Wildman–Crippen LogP) is 0.325. The van der Waals surface area contributed by atoms with E-state index in [1.165, 1.54) is 19.4 Å². The molecule has 0 aliphatic carbocycles. The zero-order chi connectivity index (χ0) is 5.11. The molecule has 1 saturated heterocycles. The van der Waals surface area contributed by atoms with E-state index in [9.17, 15) is 0 Å². The van der Waals surface area contributed by atoms with Crippen LogP contribution >= 0.6 is 0 Å². The first kappa shape index (κ1) is 5.17. The maximum atomic E-state index is 5.37. The van der Waals surface area contributed by atoms with Crippen molar-refractivity contribution in [2.24, 2.45) is 0 Å². The maximum Gasteiger partial charge on any atom is 0.0674 e. The average Bonchev–Trinajstić information content (AvgIpc) is 2.14. The van der Waals surface area contributed by atoms with E-state index in [2.05, 4.69) is 5.32 Å². The zero-order valence-electron chi connectivity index (χ0n) is 4.48. The number of hydrogen-bond acceptors (Lipinski definition) is 1. The molecule has 0 amide bonds. The Hall–Kier alpha value is 0.0249. The average molecular weight is 95.0 g/mol. The van der Waals surface area contributed by atoms with Crippen LogP contribution in [-0.4, -0.2) is 20.4 Å². The molecule has 7 heavy (non-hydrogen) atoms. The molecule has 1 N–H and O–H groups in total. The van der Waals surface area contributed by atoms with Crippen LogP contribution in [0.3, 0.4) is 0 Å². The monoisotopic (exact) mass is 95.1 g/mol. The third-order valence-electron chi connectivity index (χ3n) is 1.45. The molecular weight excluding hydrogens is 84.9 g/mol. The Bertz CT molecular complexity index is 50.0. The molecule has 38 valence electrons. The summed E-state index contributed by atoms with van der Waals surface area (Å²) in [7, 11) is 5.37. The highest BCUT2D eigenvalue weighted by molar-refractivity contribution is 6.08. The van der Waals surface area contributed by atoms with Crippen molar-refractivity contribution in [1.82, 2.24) is 5.32 Å². The number of nitrogens with one attached hydrogen (secondary N) is 1. The van der Waals surface area contributed by atoms with Crippen LogP contribution in [0.5, 0.6) is 0 Å². The highest BCUT2D eigenvalue weighted by atomic mass is 14.9. The topological polar surface area (TPSA) is 12.0 Å². The molecule has 1 aliphatic rings. The third-order valence-corrected chi connectivity index (χ3v) is 1.45. The molecule has 1 rings (SSSR count). The lowest BCUT2D eigenvalue weighted by Gasteiger charge is -2.02. The van der Waals surface area contributed by atoms with Crippen molar-refractivity contribution in [2.75, 3.05) is 6.54 Å². The van der Waals surface area contributed by atoms with Gasteiger partial charge in [0.05, 0.1) is 7.85 Å². The first-order chi connectivity index (χ1) is 3.43. The van der Waals surface area contributed by atoms with Crippen molar-refractivity contribution < 1.29 is 0 Å². The molecule has 2 radical (unpaired) electrons. The summed E-state index contributed by atoms with van der Waals surface area (Å²) in [6, 6.07) is 0.625. The lowest BCUT2D eigenvalue weighted by molar-refractivity contribution is 0.664. The summed E-state index contributed by atoms with van der Waals surface area (Å²) in [4.78, 5) is 0. The molecule has 0 unspecified atom stereocenters. The molecule has 0 aromatic carbocycles. The van der Waals surface area contributed by atoms with Crippen molar-refractivity contribution >= 4 is 7.85 Å². The van der Waals surface area contributed by atoms with Gasteiger partial charge in [-0.05, 0) is 25.4 Å². The van der Waals surface area contributed by atoms with E-state index in [4.69, 9.17) is 7.85 Å². The summed E-state index contributed by atoms with van der Waals surface area (Å²) < 4.78 is 0. The highest BCUT2D eigenvalue weighted by Gasteiger charge is 2.09. The molecule has 0 saturated carbocycles. The summed E-state index contributed by atoms with van der Waals surface area (Å²) in [5, 5.41) is 3.28. The van der Waals surface area contributed by atoms with Gasteiger partial charge in [0.2, 0.25) is 0 Å². The fraction of sp³-hybridized carbons (Fsp3) is 1.00. The van der Waals surface area contributed by atoms with Gasteiger partial charge in [-0.3, -0.25) is 0 Å². The fourth-order valence-electron chi connectivity index (χ4n) is 0.958. The molecule has 0 aromatic rings. The highest BCUT2D eigenvalue weighted by Crippen LogP contribution is 2.05. The summed E-state index contributed by atoms with van der Waals surface area (Å²) in [5.74, 6) is 0. The Labute approximate surface area is 45.9 Å². The quantitative estimate of drug-likeness (QED) is 0.462. The lowest BCUT2D eigenvalue weighted by atomic mass is 9.97. The van der Waals surface area contributed by atoms with E-state index in [-0.39, 0.29) is 0 Å². The van der Waals surface area contributed by atoms with Crippen molar-refractivity contribution in [3.05, 3.63) is 0 Å². The van der Waals surface area contributed by atoms with Crippen LogP contribution in [0, 0.1) is 0 Å². The second kappa shape index (κ2) is 2.36. The van der Waals surface area contributed by atoms with E-state index in [1.807, 2.05) is 0 Å². The number of hydrogen-bond donors (Lipinski definition) is 1. The summed E-state index contributed by atoms with van der Waals surface area (Å²) in [6.45, 7) is 1.17. The Balaban J connectivity index is 2.14. The zero-order valence-corrected chi connectivity index (χ0v) is 4.48. The third kappa shape index (κ3) is 1.20. The van der Waals surface area contributed by atoms with E-state index in [0.717, 1.165) is 6.32 Å². The molecule has 0 spiro atoms. The molecule has 0 bridgehead atoms. The lowest BCUT2D eigenvalue weighted by Crippen LogP contribution is -2.19. The second-order valence-corrected chi connectivity index (χ2v) is 2.03. The smallest absolute Gasteiger partial charge is 0.0674 e. The van der Waals surface area contributed by atoms with E-state index < -0.39 is 0 Å². The van der Waals surface area contributed by atoms with E-state index >= 15 is 0 Å². The van der Waals surface area contributed by atoms with Crippen LogP contribution in [0.15, 0.2) is 0 Å². The Kier molecular flexibility index (Phi) is 1.74. The van der Waals surface area contributed by atoms with Crippen molar-refractivity contribution in [3.63, 3.8) is 0 Å². The predicted molar refractivity (Wildman–Crippen MR) is 31.6 cm³/mol. The molecule has 1 fully saturated rings. The first-order valence-electron chi connectivity index (χ1n) is 2.87. The van der Waals surface area contributed by atoms with Crippen LogP contribution in [-0.2, 0) is 0 Å². The molecule has 1 aliphatic heterocycles. The van der Waals surface area contributed by atoms with Crippen LogP contribution in [0.25, 0.3) is 0 Å². The van der Waals surface area contributed by atoms with Gasteiger partial charge in [0, 0.05) is 0 Å². The minimum absolute atomic E-state index is 0.625. The molecular formula is C5H10BN. The Morgan fingerprint density at radius 1 is 1.71 bits per heavy atom. The van der Waals surface area contributed by atoms with Crippen molar-refractivity contribution in [2.45, 2.75) is 25.2 Å². The Morgan fingerprint density at radius 3 is 2.86 bits per heavy atom. The van der Waals surface area contributed by atoms with Gasteiger partial charge in [-0.2, -0.15) is 0 Å². The van der Waals surface area contributed by atoms with Gasteiger partial charge < -0.3 is 5.32 Å². The van der Waals surface area contributed by atoms with Crippen LogP contribution < -0.4 is 5.32 Å². The van der Waals surface area contributed by atoms with E-state index in [0.29, 0.717) is 6.04 Å². The number of rotatable bonds is 1. The first-order valence-corrected chi connectivity index (χ1v) is 2.87. The molecule has 1 heterocycles. The van der Waals surface area contributed by atoms with Gasteiger partial charge in [0.25, 0.3) is 0 Å². The second-order valence-electron chi connectivity index (χ2n) is 2.03. The largest absolute Gasteiger partial charge is 0.315 e. The van der Waals surface area contributed by atoms with Crippen molar-refractivity contribution in [1.29, 1.82) is 0 Å². The van der Waals surface area contributed by atoms with Crippen molar-refractivity contribution in [3.8, 4) is 0 Å². The molecule has 1 nitrogen and oxygen atoms in total. The van der Waals surface area contributed by atoms with Crippen LogP contribution in [0.2, 0.25) is 6.32 Å². The standard InChI is InChI=1S/C5H10BN/c6-4-5-2-1-3-7-5/h5,7H,1-4H2/t5-/m0/s1. The normalized spacial score (nSPS) is 31.1. The molecule has 0 aromatic heterocycles. The summed E-state index contributed by atoms with van der Waals surface area (Å²) >= 11 is 0. The van der Waals surface area contributed by atoms with Crippen LogP contribution in [0.4, 0.5) is 0 Å². The maximum absolute atomic E-state index is 5.37. The minimum atomic E-state index is 0.625. The Morgan fingerprint density at radius 2 is 2.57 bits per heavy atom. The SMILES string of the molecule is [B]C[C@@H]1CCCN1.